The van der Waals surface area contributed by atoms with Crippen molar-refractivity contribution in [2.45, 2.75) is 29.7 Å². The number of hydrogen-bond acceptors (Lipinski definition) is 6. The fourth-order valence-electron chi connectivity index (χ4n) is 2.19. The Balaban J connectivity index is 1.63. The third-order valence-corrected chi connectivity index (χ3v) is 5.79. The van der Waals surface area contributed by atoms with Crippen molar-refractivity contribution in [3.05, 3.63) is 29.5 Å². The summed E-state index contributed by atoms with van der Waals surface area (Å²) in [5, 5.41) is 7.40. The Labute approximate surface area is 143 Å². The second-order valence-corrected chi connectivity index (χ2v) is 7.49. The van der Waals surface area contributed by atoms with Gasteiger partial charge in [-0.15, -0.1) is 10.2 Å². The second kappa shape index (κ2) is 6.01. The normalized spacial score (nSPS) is 16.2. The molecule has 1 aliphatic carbocycles. The quantitative estimate of drug-likeness (QED) is 0.666. The molecule has 0 bridgehead atoms. The molecule has 0 aliphatic heterocycles. The summed E-state index contributed by atoms with van der Waals surface area (Å²) in [7, 11) is 0. The molecule has 1 fully saturated rings. The van der Waals surface area contributed by atoms with E-state index in [2.05, 4.69) is 19.9 Å². The SMILES string of the molecule is FCC1(NSc2ccc3ncc(-c4nnc(C(F)F)s4)n3c2)CC1. The van der Waals surface area contributed by atoms with Gasteiger partial charge in [-0.1, -0.05) is 11.3 Å². The molecule has 126 valence electrons. The summed E-state index contributed by atoms with van der Waals surface area (Å²) in [5.41, 5.74) is 0.876. The van der Waals surface area contributed by atoms with Crippen LogP contribution in [0.2, 0.25) is 0 Å². The molecule has 3 aromatic rings. The van der Waals surface area contributed by atoms with Crippen molar-refractivity contribution in [1.29, 1.82) is 0 Å². The first-order valence-corrected chi connectivity index (χ1v) is 8.82. The van der Waals surface area contributed by atoms with Crippen LogP contribution in [0.3, 0.4) is 0 Å². The van der Waals surface area contributed by atoms with Gasteiger partial charge >= 0.3 is 0 Å². The maximum absolute atomic E-state index is 12.9. The van der Waals surface area contributed by atoms with Crippen molar-refractivity contribution < 1.29 is 13.2 Å². The van der Waals surface area contributed by atoms with E-state index in [1.165, 1.54) is 11.9 Å². The van der Waals surface area contributed by atoms with Gasteiger partial charge in [0.2, 0.25) is 0 Å². The number of fused-ring (bicyclic) bond motifs is 1. The number of alkyl halides is 3. The zero-order valence-electron chi connectivity index (χ0n) is 12.2. The highest BCUT2D eigenvalue weighted by molar-refractivity contribution is 7.97. The van der Waals surface area contributed by atoms with E-state index in [0.29, 0.717) is 16.3 Å². The van der Waals surface area contributed by atoms with E-state index >= 15 is 0 Å². The number of imidazole rings is 1. The smallest absolute Gasteiger partial charge is 0.291 e. The number of halogens is 3. The Bertz CT molecular complexity index is 874. The van der Waals surface area contributed by atoms with Gasteiger partial charge in [-0.05, 0) is 36.9 Å². The maximum atomic E-state index is 12.9. The first-order chi connectivity index (χ1) is 11.6. The van der Waals surface area contributed by atoms with Crippen molar-refractivity contribution in [2.24, 2.45) is 0 Å². The Hall–Kier alpha value is -1.65. The van der Waals surface area contributed by atoms with Crippen molar-refractivity contribution >= 4 is 28.9 Å². The summed E-state index contributed by atoms with van der Waals surface area (Å²) in [5.74, 6) is 0. The third kappa shape index (κ3) is 2.89. The predicted octanol–water partition coefficient (Wildman–Crippen LogP) is 3.89. The number of aromatic nitrogens is 4. The predicted molar refractivity (Wildman–Crippen MR) is 86.0 cm³/mol. The van der Waals surface area contributed by atoms with Crippen molar-refractivity contribution in [3.8, 4) is 10.7 Å². The highest BCUT2D eigenvalue weighted by Gasteiger charge is 2.42. The number of hydrogen-bond donors (Lipinski definition) is 1. The molecule has 0 saturated heterocycles. The summed E-state index contributed by atoms with van der Waals surface area (Å²) in [4.78, 5) is 5.13. The summed E-state index contributed by atoms with van der Waals surface area (Å²) >= 11 is 2.20. The lowest BCUT2D eigenvalue weighted by Gasteiger charge is -2.12. The van der Waals surface area contributed by atoms with Gasteiger partial charge in [0.1, 0.15) is 18.0 Å². The van der Waals surface area contributed by atoms with Crippen molar-refractivity contribution in [1.82, 2.24) is 24.3 Å². The van der Waals surface area contributed by atoms with Crippen LogP contribution in [-0.2, 0) is 0 Å². The molecule has 4 rings (SSSR count). The van der Waals surface area contributed by atoms with Crippen LogP contribution in [0.5, 0.6) is 0 Å². The summed E-state index contributed by atoms with van der Waals surface area (Å²) in [6.07, 6.45) is 2.43. The van der Waals surface area contributed by atoms with Crippen LogP contribution in [0, 0.1) is 0 Å². The van der Waals surface area contributed by atoms with Crippen LogP contribution in [0.25, 0.3) is 16.3 Å². The van der Waals surface area contributed by atoms with Gasteiger partial charge in [-0.25, -0.2) is 18.2 Å². The molecule has 0 aromatic carbocycles. The molecular formula is C14H12F3N5S2. The van der Waals surface area contributed by atoms with E-state index in [0.717, 1.165) is 29.1 Å². The van der Waals surface area contributed by atoms with Gasteiger partial charge in [-0.3, -0.25) is 9.12 Å². The van der Waals surface area contributed by atoms with Crippen molar-refractivity contribution in [2.75, 3.05) is 6.67 Å². The molecule has 10 heteroatoms. The van der Waals surface area contributed by atoms with Gasteiger partial charge in [0.15, 0.2) is 10.0 Å². The molecule has 5 nitrogen and oxygen atoms in total. The molecule has 1 N–H and O–H groups in total. The van der Waals surface area contributed by atoms with Crippen LogP contribution in [-0.4, -0.2) is 31.8 Å². The maximum Gasteiger partial charge on any atom is 0.291 e. The fraction of sp³-hybridized carbons (Fsp3) is 0.357. The molecule has 24 heavy (non-hydrogen) atoms. The van der Waals surface area contributed by atoms with E-state index in [1.807, 2.05) is 18.3 Å². The van der Waals surface area contributed by atoms with Gasteiger partial charge in [0.25, 0.3) is 6.43 Å². The summed E-state index contributed by atoms with van der Waals surface area (Å²) < 4.78 is 43.2. The molecule has 1 aliphatic rings. The highest BCUT2D eigenvalue weighted by Crippen LogP contribution is 2.39. The molecule has 0 radical (unpaired) electrons. The van der Waals surface area contributed by atoms with E-state index in [9.17, 15) is 13.2 Å². The number of nitrogens with one attached hydrogen (secondary N) is 1. The van der Waals surface area contributed by atoms with E-state index in [-0.39, 0.29) is 11.7 Å². The van der Waals surface area contributed by atoms with Crippen LogP contribution in [0.4, 0.5) is 13.2 Å². The van der Waals surface area contributed by atoms with Gasteiger partial charge in [0.05, 0.1) is 11.7 Å². The van der Waals surface area contributed by atoms with Gasteiger partial charge in [-0.2, -0.15) is 0 Å². The van der Waals surface area contributed by atoms with Crippen LogP contribution >= 0.6 is 23.3 Å². The Morgan fingerprint density at radius 3 is 2.83 bits per heavy atom. The van der Waals surface area contributed by atoms with Crippen LogP contribution in [0.15, 0.2) is 29.4 Å². The van der Waals surface area contributed by atoms with E-state index in [1.54, 1.807) is 10.6 Å². The van der Waals surface area contributed by atoms with E-state index in [4.69, 9.17) is 0 Å². The average molecular weight is 371 g/mol. The van der Waals surface area contributed by atoms with Crippen LogP contribution < -0.4 is 4.72 Å². The molecule has 3 heterocycles. The minimum atomic E-state index is -2.64. The number of rotatable bonds is 6. The topological polar surface area (TPSA) is 55.1 Å². The molecule has 0 atom stereocenters. The monoisotopic (exact) mass is 371 g/mol. The second-order valence-electron chi connectivity index (χ2n) is 5.60. The molecular weight excluding hydrogens is 359 g/mol. The van der Waals surface area contributed by atoms with Crippen molar-refractivity contribution in [3.63, 3.8) is 0 Å². The number of pyridine rings is 1. The first-order valence-electron chi connectivity index (χ1n) is 7.19. The lowest BCUT2D eigenvalue weighted by atomic mass is 10.3. The fourth-order valence-corrected chi connectivity index (χ4v) is 3.78. The zero-order valence-corrected chi connectivity index (χ0v) is 13.9. The van der Waals surface area contributed by atoms with Crippen LogP contribution in [0.1, 0.15) is 24.3 Å². The first kappa shape index (κ1) is 15.9. The van der Waals surface area contributed by atoms with Gasteiger partial charge in [0, 0.05) is 11.1 Å². The highest BCUT2D eigenvalue weighted by atomic mass is 32.2. The number of nitrogens with zero attached hydrogens (tertiary/aromatic N) is 4. The molecule has 0 spiro atoms. The minimum absolute atomic E-state index is 0.314. The Morgan fingerprint density at radius 2 is 2.17 bits per heavy atom. The summed E-state index contributed by atoms with van der Waals surface area (Å²) in [6.45, 7) is -0.389. The lowest BCUT2D eigenvalue weighted by Crippen LogP contribution is -2.27. The zero-order chi connectivity index (χ0) is 16.7. The summed E-state index contributed by atoms with van der Waals surface area (Å²) in [6, 6.07) is 3.69. The lowest BCUT2D eigenvalue weighted by molar-refractivity contribution is 0.150. The van der Waals surface area contributed by atoms with E-state index < -0.39 is 12.0 Å². The Morgan fingerprint density at radius 1 is 1.33 bits per heavy atom. The van der Waals surface area contributed by atoms with Gasteiger partial charge < -0.3 is 0 Å². The minimum Gasteiger partial charge on any atom is -0.296 e. The third-order valence-electron chi connectivity index (χ3n) is 3.82. The molecule has 0 amide bonds. The molecule has 0 unspecified atom stereocenters. The Kier molecular flexibility index (Phi) is 3.97. The average Bonchev–Trinajstić information content (AvgIpc) is 3.01. The largest absolute Gasteiger partial charge is 0.296 e. The molecule has 1 saturated carbocycles. The standard InChI is InChI=1S/C14H12F3N5S2/c15-7-14(3-4-14)21-24-8-1-2-10-18-5-9(22(10)6-8)12-19-20-13(23-12)11(16)17/h1-2,5-6,11,21H,3-4,7H2. The molecule has 3 aromatic heterocycles.